The third-order valence-electron chi connectivity index (χ3n) is 2.52. The van der Waals surface area contributed by atoms with Gasteiger partial charge >= 0.3 is 18.0 Å². The molecule has 0 heterocycles. The molecule has 0 saturated heterocycles. The van der Waals surface area contributed by atoms with Crippen LogP contribution in [0.2, 0.25) is 0 Å². The summed E-state index contributed by atoms with van der Waals surface area (Å²) < 4.78 is 4.74. The normalized spacial score (nSPS) is 11.8. The zero-order valence-electron chi connectivity index (χ0n) is 11.8. The van der Waals surface area contributed by atoms with E-state index in [0.717, 1.165) is 0 Å². The van der Waals surface area contributed by atoms with Crippen molar-refractivity contribution >= 4 is 18.0 Å². The highest BCUT2D eigenvalue weighted by atomic mass is 16.5. The van der Waals surface area contributed by atoms with Crippen LogP contribution in [0, 0.1) is 5.92 Å². The van der Waals surface area contributed by atoms with Crippen molar-refractivity contribution in [3.63, 3.8) is 0 Å². The van der Waals surface area contributed by atoms with Crippen LogP contribution in [-0.4, -0.2) is 54.2 Å². The second-order valence-corrected chi connectivity index (χ2v) is 4.49. The van der Waals surface area contributed by atoms with Gasteiger partial charge in [-0.05, 0) is 12.8 Å². The predicted octanol–water partition coefficient (Wildman–Crippen LogP) is 0.690. The Bertz CT molecular complexity index is 330. The van der Waals surface area contributed by atoms with E-state index in [1.165, 1.54) is 11.9 Å². The number of ether oxygens (including phenoxy) is 1. The number of aliphatic carboxylic acids is 1. The Morgan fingerprint density at radius 3 is 2.32 bits per heavy atom. The summed E-state index contributed by atoms with van der Waals surface area (Å²) in [7, 11) is 1.49. The van der Waals surface area contributed by atoms with Gasteiger partial charge < -0.3 is 20.1 Å². The Kier molecular flexibility index (Phi) is 7.55. The summed E-state index contributed by atoms with van der Waals surface area (Å²) in [4.78, 5) is 35.1. The molecule has 110 valence electrons. The highest BCUT2D eigenvalue weighted by Crippen LogP contribution is 2.03. The molecule has 7 heteroatoms. The Morgan fingerprint density at radius 2 is 1.89 bits per heavy atom. The maximum Gasteiger partial charge on any atom is 0.326 e. The van der Waals surface area contributed by atoms with Gasteiger partial charge in [-0.25, -0.2) is 9.59 Å². The van der Waals surface area contributed by atoms with Crippen LogP contribution in [0.1, 0.15) is 27.2 Å². The van der Waals surface area contributed by atoms with Crippen LogP contribution in [0.25, 0.3) is 0 Å². The van der Waals surface area contributed by atoms with Crippen molar-refractivity contribution in [3.05, 3.63) is 0 Å². The van der Waals surface area contributed by atoms with Crippen molar-refractivity contribution < 1.29 is 24.2 Å². The summed E-state index contributed by atoms with van der Waals surface area (Å²) in [6, 6.07) is -1.47. The molecule has 0 bridgehead atoms. The quantitative estimate of drug-likeness (QED) is 0.666. The Labute approximate surface area is 112 Å². The van der Waals surface area contributed by atoms with Gasteiger partial charge in [0.2, 0.25) is 0 Å². The monoisotopic (exact) mass is 274 g/mol. The molecule has 0 aliphatic carbocycles. The van der Waals surface area contributed by atoms with Crippen LogP contribution in [0.5, 0.6) is 0 Å². The van der Waals surface area contributed by atoms with Crippen LogP contribution < -0.4 is 5.32 Å². The van der Waals surface area contributed by atoms with Crippen LogP contribution in [0.3, 0.4) is 0 Å². The molecule has 0 spiro atoms. The third-order valence-corrected chi connectivity index (χ3v) is 2.52. The van der Waals surface area contributed by atoms with Crippen molar-refractivity contribution in [1.29, 1.82) is 0 Å². The van der Waals surface area contributed by atoms with Crippen LogP contribution >= 0.6 is 0 Å². The van der Waals surface area contributed by atoms with Gasteiger partial charge in [0.15, 0.2) is 0 Å². The standard InChI is InChI=1S/C12H22N2O5/c1-5-19-9(15)6-7-14(4)12(18)13-10(8(2)3)11(16)17/h8,10H,5-7H2,1-4H3,(H,13,18)(H,16,17)/t10-/m0/s1. The number of nitrogens with one attached hydrogen (secondary N) is 1. The summed E-state index contributed by atoms with van der Waals surface area (Å²) in [5.74, 6) is -1.69. The predicted molar refractivity (Wildman–Crippen MR) is 68.7 cm³/mol. The van der Waals surface area contributed by atoms with E-state index in [1.807, 2.05) is 0 Å². The molecule has 7 nitrogen and oxygen atoms in total. The molecular formula is C12H22N2O5. The van der Waals surface area contributed by atoms with Crippen molar-refractivity contribution in [1.82, 2.24) is 10.2 Å². The lowest BCUT2D eigenvalue weighted by Crippen LogP contribution is -2.49. The lowest BCUT2D eigenvalue weighted by molar-refractivity contribution is -0.143. The van der Waals surface area contributed by atoms with Gasteiger partial charge in [0, 0.05) is 13.6 Å². The topological polar surface area (TPSA) is 95.9 Å². The van der Waals surface area contributed by atoms with E-state index in [2.05, 4.69) is 5.32 Å². The van der Waals surface area contributed by atoms with E-state index in [-0.39, 0.29) is 24.9 Å². The van der Waals surface area contributed by atoms with Gasteiger partial charge in [0.1, 0.15) is 6.04 Å². The summed E-state index contributed by atoms with van der Waals surface area (Å²) in [5.41, 5.74) is 0. The molecule has 0 saturated carbocycles. The second kappa shape index (κ2) is 8.34. The van der Waals surface area contributed by atoms with Gasteiger partial charge in [0.25, 0.3) is 0 Å². The minimum absolute atomic E-state index is 0.0805. The molecule has 0 aliphatic rings. The fourth-order valence-electron chi connectivity index (χ4n) is 1.35. The maximum absolute atomic E-state index is 11.7. The molecule has 0 radical (unpaired) electrons. The molecule has 0 fully saturated rings. The number of urea groups is 1. The molecule has 2 N–H and O–H groups in total. The molecular weight excluding hydrogens is 252 g/mol. The summed E-state index contributed by atoms with van der Waals surface area (Å²) in [6.45, 7) is 5.59. The van der Waals surface area contributed by atoms with E-state index >= 15 is 0 Å². The fourth-order valence-corrected chi connectivity index (χ4v) is 1.35. The van der Waals surface area contributed by atoms with E-state index in [9.17, 15) is 14.4 Å². The minimum Gasteiger partial charge on any atom is -0.480 e. The third kappa shape index (κ3) is 6.64. The van der Waals surface area contributed by atoms with E-state index < -0.39 is 18.0 Å². The summed E-state index contributed by atoms with van der Waals surface area (Å²) in [6.07, 6.45) is 0.0805. The number of carboxylic acid groups (broad SMARTS) is 1. The first kappa shape index (κ1) is 17.2. The first-order valence-corrected chi connectivity index (χ1v) is 6.19. The number of rotatable bonds is 7. The number of hydrogen-bond donors (Lipinski definition) is 2. The first-order chi connectivity index (χ1) is 8.79. The number of hydrogen-bond acceptors (Lipinski definition) is 4. The number of nitrogens with zero attached hydrogens (tertiary/aromatic N) is 1. The van der Waals surface area contributed by atoms with E-state index in [4.69, 9.17) is 9.84 Å². The molecule has 0 aromatic rings. The number of carboxylic acids is 1. The highest BCUT2D eigenvalue weighted by molar-refractivity contribution is 5.82. The van der Waals surface area contributed by atoms with Gasteiger partial charge in [-0.2, -0.15) is 0 Å². The van der Waals surface area contributed by atoms with Gasteiger partial charge in [-0.3, -0.25) is 4.79 Å². The molecule has 2 amide bonds. The van der Waals surface area contributed by atoms with E-state index in [0.29, 0.717) is 6.61 Å². The number of amides is 2. The fraction of sp³-hybridized carbons (Fsp3) is 0.750. The minimum atomic E-state index is -1.08. The van der Waals surface area contributed by atoms with Crippen molar-refractivity contribution in [2.45, 2.75) is 33.2 Å². The number of carbonyl (C=O) groups is 3. The zero-order chi connectivity index (χ0) is 15.0. The van der Waals surface area contributed by atoms with Crippen molar-refractivity contribution in [2.75, 3.05) is 20.2 Å². The largest absolute Gasteiger partial charge is 0.480 e. The second-order valence-electron chi connectivity index (χ2n) is 4.49. The van der Waals surface area contributed by atoms with E-state index in [1.54, 1.807) is 20.8 Å². The van der Waals surface area contributed by atoms with Crippen LogP contribution in [-0.2, 0) is 14.3 Å². The van der Waals surface area contributed by atoms with Crippen LogP contribution in [0.4, 0.5) is 4.79 Å². The lowest BCUT2D eigenvalue weighted by Gasteiger charge is -2.23. The zero-order valence-corrected chi connectivity index (χ0v) is 11.8. The average Bonchev–Trinajstić information content (AvgIpc) is 2.32. The summed E-state index contributed by atoms with van der Waals surface area (Å²) >= 11 is 0. The molecule has 0 rings (SSSR count). The molecule has 0 aromatic carbocycles. The smallest absolute Gasteiger partial charge is 0.326 e. The molecule has 0 aromatic heterocycles. The summed E-state index contributed by atoms with van der Waals surface area (Å²) in [5, 5.41) is 11.4. The Hall–Kier alpha value is -1.79. The molecule has 0 aliphatic heterocycles. The van der Waals surface area contributed by atoms with Gasteiger partial charge in [-0.15, -0.1) is 0 Å². The molecule has 0 unspecified atom stereocenters. The highest BCUT2D eigenvalue weighted by Gasteiger charge is 2.24. The average molecular weight is 274 g/mol. The van der Waals surface area contributed by atoms with Crippen LogP contribution in [0.15, 0.2) is 0 Å². The maximum atomic E-state index is 11.7. The van der Waals surface area contributed by atoms with Gasteiger partial charge in [0.05, 0.1) is 13.0 Å². The Morgan fingerprint density at radius 1 is 1.32 bits per heavy atom. The lowest BCUT2D eigenvalue weighted by atomic mass is 10.1. The van der Waals surface area contributed by atoms with Crippen molar-refractivity contribution in [2.24, 2.45) is 5.92 Å². The molecule has 19 heavy (non-hydrogen) atoms. The Balaban J connectivity index is 4.26. The van der Waals surface area contributed by atoms with Gasteiger partial charge in [-0.1, -0.05) is 13.8 Å². The molecule has 1 atom stereocenters. The number of esters is 1. The van der Waals surface area contributed by atoms with Crippen molar-refractivity contribution in [3.8, 4) is 0 Å². The number of carbonyl (C=O) groups excluding carboxylic acids is 2. The SMILES string of the molecule is CCOC(=O)CCN(C)C(=O)N[C@H](C(=O)O)C(C)C. The first-order valence-electron chi connectivity index (χ1n) is 6.19.